The average Bonchev–Trinajstić information content (AvgIpc) is 2.96. The fourth-order valence-corrected chi connectivity index (χ4v) is 3.70. The zero-order valence-corrected chi connectivity index (χ0v) is 12.7. The van der Waals surface area contributed by atoms with Gasteiger partial charge in [0.1, 0.15) is 16.7 Å². The van der Waals surface area contributed by atoms with Gasteiger partial charge in [-0.25, -0.2) is 0 Å². The van der Waals surface area contributed by atoms with E-state index in [2.05, 4.69) is 5.32 Å². The highest BCUT2D eigenvalue weighted by molar-refractivity contribution is 7.14. The second-order valence-corrected chi connectivity index (χ2v) is 6.36. The first-order valence-electron chi connectivity index (χ1n) is 7.16. The Labute approximate surface area is 131 Å². The monoisotopic (exact) mass is 320 g/mol. The molecule has 0 radical (unpaired) electrons. The number of nitrogens with one attached hydrogen (secondary N) is 1. The van der Waals surface area contributed by atoms with Crippen molar-refractivity contribution >= 4 is 33.9 Å². The SMILES string of the molecule is NC(=O)c1ccsc1NC(=O)C1=COC2CCCCC2C1=O. The highest BCUT2D eigenvalue weighted by Gasteiger charge is 2.39. The van der Waals surface area contributed by atoms with Crippen molar-refractivity contribution in [3.05, 3.63) is 28.8 Å². The predicted molar refractivity (Wildman–Crippen MR) is 81.4 cm³/mol. The van der Waals surface area contributed by atoms with E-state index in [4.69, 9.17) is 10.5 Å². The summed E-state index contributed by atoms with van der Waals surface area (Å²) in [5.41, 5.74) is 5.48. The van der Waals surface area contributed by atoms with Crippen molar-refractivity contribution in [1.82, 2.24) is 0 Å². The van der Waals surface area contributed by atoms with Gasteiger partial charge in [0, 0.05) is 0 Å². The van der Waals surface area contributed by atoms with Crippen LogP contribution in [0.2, 0.25) is 0 Å². The lowest BCUT2D eigenvalue weighted by Crippen LogP contribution is -2.39. The number of ketones is 1. The number of Topliss-reactive ketones (excluding diaryl/α,β-unsaturated/α-hetero) is 1. The van der Waals surface area contributed by atoms with Crippen molar-refractivity contribution in [3.63, 3.8) is 0 Å². The number of rotatable bonds is 3. The van der Waals surface area contributed by atoms with Gasteiger partial charge in [-0.1, -0.05) is 6.42 Å². The van der Waals surface area contributed by atoms with Gasteiger partial charge in [0.15, 0.2) is 5.78 Å². The van der Waals surface area contributed by atoms with Crippen molar-refractivity contribution in [2.24, 2.45) is 11.7 Å². The fraction of sp³-hybridized carbons (Fsp3) is 0.400. The molecule has 116 valence electrons. The molecule has 3 rings (SSSR count). The van der Waals surface area contributed by atoms with Crippen LogP contribution in [0.1, 0.15) is 36.0 Å². The van der Waals surface area contributed by atoms with Gasteiger partial charge in [0.2, 0.25) is 0 Å². The summed E-state index contributed by atoms with van der Waals surface area (Å²) in [5.74, 6) is -1.59. The summed E-state index contributed by atoms with van der Waals surface area (Å²) in [5, 5.41) is 4.57. The number of ether oxygens (including phenoxy) is 1. The molecule has 3 N–H and O–H groups in total. The largest absolute Gasteiger partial charge is 0.496 e. The molecule has 0 spiro atoms. The van der Waals surface area contributed by atoms with Gasteiger partial charge in [-0.3, -0.25) is 14.4 Å². The van der Waals surface area contributed by atoms with Crippen LogP contribution in [-0.4, -0.2) is 23.7 Å². The Morgan fingerprint density at radius 3 is 2.86 bits per heavy atom. The van der Waals surface area contributed by atoms with Crippen LogP contribution in [0.4, 0.5) is 5.00 Å². The minimum Gasteiger partial charge on any atom is -0.496 e. The van der Waals surface area contributed by atoms with E-state index in [9.17, 15) is 14.4 Å². The molecule has 1 aliphatic carbocycles. The predicted octanol–water partition coefficient (Wildman–Crippen LogP) is 1.83. The summed E-state index contributed by atoms with van der Waals surface area (Å²) in [7, 11) is 0. The Hall–Kier alpha value is -2.15. The number of primary amides is 1. The lowest BCUT2D eigenvalue weighted by atomic mass is 9.80. The second-order valence-electron chi connectivity index (χ2n) is 5.44. The topological polar surface area (TPSA) is 98.5 Å². The molecular weight excluding hydrogens is 304 g/mol. The molecule has 2 aliphatic rings. The van der Waals surface area contributed by atoms with Crippen molar-refractivity contribution in [1.29, 1.82) is 0 Å². The van der Waals surface area contributed by atoms with E-state index >= 15 is 0 Å². The van der Waals surface area contributed by atoms with E-state index in [1.165, 1.54) is 23.7 Å². The minimum atomic E-state index is -0.621. The second kappa shape index (κ2) is 5.92. The number of fused-ring (bicyclic) bond motifs is 1. The summed E-state index contributed by atoms with van der Waals surface area (Å²) in [6.07, 6.45) is 4.75. The minimum absolute atomic E-state index is 0.00645. The Morgan fingerprint density at radius 2 is 2.09 bits per heavy atom. The molecule has 2 unspecified atom stereocenters. The van der Waals surface area contributed by atoms with Crippen LogP contribution in [0.15, 0.2) is 23.3 Å². The van der Waals surface area contributed by atoms with Gasteiger partial charge in [-0.15, -0.1) is 11.3 Å². The Bertz CT molecular complexity index is 664. The summed E-state index contributed by atoms with van der Waals surface area (Å²) < 4.78 is 5.55. The van der Waals surface area contributed by atoms with Crippen LogP contribution in [0.25, 0.3) is 0 Å². The van der Waals surface area contributed by atoms with Gasteiger partial charge < -0.3 is 15.8 Å². The molecule has 2 amide bonds. The number of amides is 2. The molecule has 7 heteroatoms. The van der Waals surface area contributed by atoms with Gasteiger partial charge in [0.05, 0.1) is 17.7 Å². The first-order valence-corrected chi connectivity index (χ1v) is 8.04. The third-order valence-corrected chi connectivity index (χ3v) is 4.90. The van der Waals surface area contributed by atoms with Crippen LogP contribution >= 0.6 is 11.3 Å². The van der Waals surface area contributed by atoms with E-state index in [1.54, 1.807) is 5.38 Å². The normalized spacial score (nSPS) is 24.0. The molecular formula is C15H16N2O4S. The Morgan fingerprint density at radius 1 is 1.32 bits per heavy atom. The molecule has 22 heavy (non-hydrogen) atoms. The molecule has 1 fully saturated rings. The number of carbonyl (C=O) groups is 3. The van der Waals surface area contributed by atoms with Crippen LogP contribution in [-0.2, 0) is 14.3 Å². The third kappa shape index (κ3) is 2.64. The highest BCUT2D eigenvalue weighted by Crippen LogP contribution is 2.33. The van der Waals surface area contributed by atoms with E-state index < -0.39 is 11.8 Å². The molecule has 6 nitrogen and oxygen atoms in total. The zero-order valence-electron chi connectivity index (χ0n) is 11.8. The maximum atomic E-state index is 12.5. The molecule has 2 heterocycles. The molecule has 1 aromatic heterocycles. The van der Waals surface area contributed by atoms with Crippen LogP contribution < -0.4 is 11.1 Å². The smallest absolute Gasteiger partial charge is 0.263 e. The van der Waals surface area contributed by atoms with Gasteiger partial charge >= 0.3 is 0 Å². The molecule has 1 aromatic rings. The molecule has 0 bridgehead atoms. The first kappa shape index (κ1) is 14.8. The number of hydrogen-bond donors (Lipinski definition) is 2. The summed E-state index contributed by atoms with van der Waals surface area (Å²) in [6, 6.07) is 1.54. The first-order chi connectivity index (χ1) is 10.6. The third-order valence-electron chi connectivity index (χ3n) is 4.07. The number of thiophene rings is 1. The standard InChI is InChI=1S/C15H16N2O4S/c16-13(19)9-5-6-22-15(9)17-14(20)10-7-21-11-4-2-1-3-8(11)12(10)18/h5-8,11H,1-4H2,(H2,16,19)(H,17,20). The van der Waals surface area contributed by atoms with Crippen molar-refractivity contribution in [2.75, 3.05) is 5.32 Å². The van der Waals surface area contributed by atoms with E-state index in [0.717, 1.165) is 25.7 Å². The molecule has 1 saturated carbocycles. The Kier molecular flexibility index (Phi) is 3.98. The van der Waals surface area contributed by atoms with Gasteiger partial charge in [0.25, 0.3) is 11.8 Å². The zero-order chi connectivity index (χ0) is 15.7. The molecule has 0 saturated heterocycles. The molecule has 0 aromatic carbocycles. The van der Waals surface area contributed by atoms with Crippen LogP contribution in [0.3, 0.4) is 0 Å². The summed E-state index contributed by atoms with van der Waals surface area (Å²) in [4.78, 5) is 36.0. The maximum Gasteiger partial charge on any atom is 0.263 e. The summed E-state index contributed by atoms with van der Waals surface area (Å²) in [6.45, 7) is 0. The quantitative estimate of drug-likeness (QED) is 0.830. The van der Waals surface area contributed by atoms with Crippen molar-refractivity contribution < 1.29 is 19.1 Å². The Balaban J connectivity index is 1.77. The van der Waals surface area contributed by atoms with Gasteiger partial charge in [-0.05, 0) is 30.7 Å². The molecule has 2 atom stereocenters. The van der Waals surface area contributed by atoms with Gasteiger partial charge in [-0.2, -0.15) is 0 Å². The van der Waals surface area contributed by atoms with Crippen LogP contribution in [0, 0.1) is 5.92 Å². The highest BCUT2D eigenvalue weighted by atomic mass is 32.1. The lowest BCUT2D eigenvalue weighted by Gasteiger charge is -2.33. The molecule has 1 aliphatic heterocycles. The maximum absolute atomic E-state index is 12.5. The van der Waals surface area contributed by atoms with E-state index in [1.807, 2.05) is 0 Å². The summed E-state index contributed by atoms with van der Waals surface area (Å²) >= 11 is 1.18. The number of hydrogen-bond acceptors (Lipinski definition) is 5. The van der Waals surface area contributed by atoms with E-state index in [0.29, 0.717) is 5.00 Å². The van der Waals surface area contributed by atoms with Crippen molar-refractivity contribution in [3.8, 4) is 0 Å². The number of carbonyl (C=O) groups excluding carboxylic acids is 3. The average molecular weight is 320 g/mol. The van der Waals surface area contributed by atoms with E-state index in [-0.39, 0.29) is 28.9 Å². The van der Waals surface area contributed by atoms with Crippen molar-refractivity contribution in [2.45, 2.75) is 31.8 Å². The van der Waals surface area contributed by atoms with Crippen LogP contribution in [0.5, 0.6) is 0 Å². The number of anilines is 1. The lowest BCUT2D eigenvalue weighted by molar-refractivity contribution is -0.129. The fourth-order valence-electron chi connectivity index (χ4n) is 2.91. The number of nitrogens with two attached hydrogens (primary N) is 1.